The number of carbonyl (C=O) groups excluding carboxylic acids is 3. The first-order valence-corrected chi connectivity index (χ1v) is 13.5. The Balaban J connectivity index is 1.61. The largest absolute Gasteiger partial charge is 0.416 e. The summed E-state index contributed by atoms with van der Waals surface area (Å²) in [5.41, 5.74) is -0.913. The lowest BCUT2D eigenvalue weighted by molar-refractivity contribution is -0.140. The van der Waals surface area contributed by atoms with Gasteiger partial charge in [0.2, 0.25) is 5.91 Å². The highest BCUT2D eigenvalue weighted by Gasteiger charge is 2.32. The zero-order valence-corrected chi connectivity index (χ0v) is 23.9. The van der Waals surface area contributed by atoms with Crippen LogP contribution >= 0.6 is 11.6 Å². The maximum Gasteiger partial charge on any atom is 0.416 e. The molecule has 0 aliphatic carbocycles. The van der Waals surface area contributed by atoms with Crippen molar-refractivity contribution in [2.24, 2.45) is 5.92 Å². The number of halogens is 7. The van der Waals surface area contributed by atoms with Crippen LogP contribution in [-0.4, -0.2) is 28.5 Å². The fourth-order valence-corrected chi connectivity index (χ4v) is 4.51. The van der Waals surface area contributed by atoms with Crippen LogP contribution in [0.1, 0.15) is 45.8 Å². The first-order valence-electron chi connectivity index (χ1n) is 13.1. The van der Waals surface area contributed by atoms with Gasteiger partial charge < -0.3 is 20.5 Å². The minimum Gasteiger partial charge on any atom is -0.352 e. The maximum atomic E-state index is 13.5. The molecule has 0 atom stereocenters. The van der Waals surface area contributed by atoms with E-state index in [9.17, 15) is 40.7 Å². The van der Waals surface area contributed by atoms with Crippen LogP contribution in [0.25, 0.3) is 10.9 Å². The molecule has 0 unspecified atom stereocenters. The highest BCUT2D eigenvalue weighted by Crippen LogP contribution is 2.32. The van der Waals surface area contributed by atoms with Gasteiger partial charge in [-0.1, -0.05) is 37.6 Å². The Morgan fingerprint density at radius 1 is 0.841 bits per heavy atom. The molecule has 0 saturated carbocycles. The number of nitrogens with zero attached hydrogens (tertiary/aromatic N) is 1. The molecule has 0 aliphatic heterocycles. The van der Waals surface area contributed by atoms with E-state index in [1.807, 2.05) is 0 Å². The van der Waals surface area contributed by atoms with E-state index in [0.717, 1.165) is 18.2 Å². The van der Waals surface area contributed by atoms with Crippen molar-refractivity contribution < 1.29 is 40.7 Å². The number of carbonyl (C=O) groups is 3. The molecule has 14 heteroatoms. The Morgan fingerprint density at radius 2 is 1.52 bits per heavy atom. The highest BCUT2D eigenvalue weighted by molar-refractivity contribution is 6.34. The summed E-state index contributed by atoms with van der Waals surface area (Å²) < 4.78 is 80.4. The Labute approximate surface area is 252 Å². The van der Waals surface area contributed by atoms with Gasteiger partial charge in [0, 0.05) is 34.7 Å². The van der Waals surface area contributed by atoms with Crippen molar-refractivity contribution in [2.45, 2.75) is 39.3 Å². The summed E-state index contributed by atoms with van der Waals surface area (Å²) in [6.45, 7) is 2.06. The van der Waals surface area contributed by atoms with Crippen LogP contribution < -0.4 is 16.0 Å². The van der Waals surface area contributed by atoms with Gasteiger partial charge in [-0.3, -0.25) is 14.4 Å². The molecule has 7 nitrogen and oxygen atoms in total. The number of fused-ring (bicyclic) bond motifs is 1. The Bertz CT molecular complexity index is 1730. The van der Waals surface area contributed by atoms with Crippen LogP contribution in [0.15, 0.2) is 66.7 Å². The second kappa shape index (κ2) is 12.6. The molecule has 1 heterocycles. The molecular weight excluding hydrogens is 614 g/mol. The SMILES string of the molecule is CC(C)C(=O)NCc1ccc(Cl)c(C(=O)Nc2ccc3c(c2)cc(C(=O)Nc2cccc(C(F)(F)F)c2)n3CC(F)(F)F)c1. The summed E-state index contributed by atoms with van der Waals surface area (Å²) in [6.07, 6.45) is -9.43. The summed E-state index contributed by atoms with van der Waals surface area (Å²) in [5.74, 6) is -2.12. The van der Waals surface area contributed by atoms with Crippen LogP contribution in [0.2, 0.25) is 5.02 Å². The van der Waals surface area contributed by atoms with Gasteiger partial charge in [-0.2, -0.15) is 26.3 Å². The number of alkyl halides is 6. The molecule has 0 saturated heterocycles. The molecule has 44 heavy (non-hydrogen) atoms. The van der Waals surface area contributed by atoms with E-state index in [0.29, 0.717) is 16.2 Å². The molecule has 3 N–H and O–H groups in total. The summed E-state index contributed by atoms with van der Waals surface area (Å²) >= 11 is 6.22. The highest BCUT2D eigenvalue weighted by atomic mass is 35.5. The predicted octanol–water partition coefficient (Wildman–Crippen LogP) is 7.65. The van der Waals surface area contributed by atoms with Crippen molar-refractivity contribution in [1.82, 2.24) is 9.88 Å². The maximum absolute atomic E-state index is 13.5. The zero-order chi connectivity index (χ0) is 32.4. The van der Waals surface area contributed by atoms with Gasteiger partial charge in [-0.05, 0) is 60.2 Å². The van der Waals surface area contributed by atoms with E-state index >= 15 is 0 Å². The molecule has 3 aromatic carbocycles. The molecule has 1 aromatic heterocycles. The lowest BCUT2D eigenvalue weighted by Crippen LogP contribution is -2.27. The van der Waals surface area contributed by atoms with Gasteiger partial charge in [-0.15, -0.1) is 0 Å². The van der Waals surface area contributed by atoms with Crippen LogP contribution in [0.5, 0.6) is 0 Å². The van der Waals surface area contributed by atoms with Gasteiger partial charge in [0.1, 0.15) is 12.2 Å². The van der Waals surface area contributed by atoms with Crippen LogP contribution in [0, 0.1) is 5.92 Å². The Hall–Kier alpha value is -4.52. The number of hydrogen-bond donors (Lipinski definition) is 3. The molecule has 0 spiro atoms. The molecule has 232 valence electrons. The smallest absolute Gasteiger partial charge is 0.352 e. The first kappa shape index (κ1) is 32.4. The standard InChI is InChI=1S/C30H25ClF6N4O3/c1-16(2)26(42)38-14-17-6-8-23(31)22(10-17)27(43)39-21-7-9-24-18(11-21)12-25(41(24)15-29(32,33)34)28(44)40-20-5-3-4-19(13-20)30(35,36)37/h3-13,16H,14-15H2,1-2H3,(H,38,42)(H,39,43)(H,40,44). The quantitative estimate of drug-likeness (QED) is 0.173. The number of rotatable bonds is 8. The van der Waals surface area contributed by atoms with Crippen molar-refractivity contribution in [1.29, 1.82) is 0 Å². The molecule has 4 rings (SSSR count). The second-order valence-electron chi connectivity index (χ2n) is 10.2. The van der Waals surface area contributed by atoms with E-state index in [2.05, 4.69) is 16.0 Å². The summed E-state index contributed by atoms with van der Waals surface area (Å²) in [4.78, 5) is 38.0. The minimum atomic E-state index is -4.74. The van der Waals surface area contributed by atoms with E-state index in [-0.39, 0.29) is 51.2 Å². The van der Waals surface area contributed by atoms with Crippen molar-refractivity contribution >= 4 is 51.6 Å². The van der Waals surface area contributed by atoms with Crippen molar-refractivity contribution in [3.05, 3.63) is 94.1 Å². The van der Waals surface area contributed by atoms with Crippen LogP contribution in [-0.2, 0) is 24.1 Å². The van der Waals surface area contributed by atoms with Crippen molar-refractivity contribution in [3.8, 4) is 0 Å². The number of benzene rings is 3. The van der Waals surface area contributed by atoms with Crippen molar-refractivity contribution in [2.75, 3.05) is 10.6 Å². The van der Waals surface area contributed by atoms with Crippen molar-refractivity contribution in [3.63, 3.8) is 0 Å². The third-order valence-corrected chi connectivity index (χ3v) is 6.77. The molecule has 3 amide bonds. The van der Waals surface area contributed by atoms with Crippen LogP contribution in [0.4, 0.5) is 37.7 Å². The number of anilines is 2. The Kier molecular flexibility index (Phi) is 9.28. The number of aromatic nitrogens is 1. The van der Waals surface area contributed by atoms with Gasteiger partial charge in [0.25, 0.3) is 11.8 Å². The van der Waals surface area contributed by atoms with Gasteiger partial charge in [-0.25, -0.2) is 0 Å². The molecule has 0 bridgehead atoms. The average Bonchev–Trinajstić information content (AvgIpc) is 3.28. The molecule has 0 aliphatic rings. The topological polar surface area (TPSA) is 92.2 Å². The summed E-state index contributed by atoms with van der Waals surface area (Å²) in [5, 5.41) is 7.84. The Morgan fingerprint density at radius 3 is 2.18 bits per heavy atom. The van der Waals surface area contributed by atoms with Crippen LogP contribution in [0.3, 0.4) is 0 Å². The lowest BCUT2D eigenvalue weighted by atomic mass is 10.1. The zero-order valence-electron chi connectivity index (χ0n) is 23.2. The van der Waals surface area contributed by atoms with Gasteiger partial charge in [0.05, 0.1) is 16.1 Å². The fourth-order valence-electron chi connectivity index (χ4n) is 4.30. The van der Waals surface area contributed by atoms with Gasteiger partial charge >= 0.3 is 12.4 Å². The van der Waals surface area contributed by atoms with E-state index < -0.39 is 42.0 Å². The predicted molar refractivity (Wildman–Crippen MR) is 153 cm³/mol. The number of hydrogen-bond acceptors (Lipinski definition) is 3. The first-order chi connectivity index (χ1) is 20.5. The minimum absolute atomic E-state index is 0.00422. The third-order valence-electron chi connectivity index (χ3n) is 6.44. The summed E-state index contributed by atoms with van der Waals surface area (Å²) in [6, 6.07) is 13.4. The average molecular weight is 639 g/mol. The lowest BCUT2D eigenvalue weighted by Gasteiger charge is -2.14. The number of amides is 3. The van der Waals surface area contributed by atoms with E-state index in [4.69, 9.17) is 11.6 Å². The monoisotopic (exact) mass is 638 g/mol. The van der Waals surface area contributed by atoms with Gasteiger partial charge in [0.15, 0.2) is 0 Å². The summed E-state index contributed by atoms with van der Waals surface area (Å²) in [7, 11) is 0. The van der Waals surface area contributed by atoms with E-state index in [1.54, 1.807) is 19.9 Å². The fraction of sp³-hybridized carbons (Fsp3) is 0.233. The number of nitrogens with one attached hydrogen (secondary N) is 3. The van der Waals surface area contributed by atoms with E-state index in [1.165, 1.54) is 36.4 Å². The molecule has 0 fully saturated rings. The second-order valence-corrected chi connectivity index (χ2v) is 10.6. The molecule has 0 radical (unpaired) electrons. The molecular formula is C30H25ClF6N4O3. The normalized spacial score (nSPS) is 12.0. The molecule has 4 aromatic rings. The third kappa shape index (κ3) is 7.90.